The van der Waals surface area contributed by atoms with E-state index >= 15 is 0 Å². The molecule has 4 nitrogen and oxygen atoms in total. The number of aromatic hydroxyl groups is 1. The second kappa shape index (κ2) is 10.9. The smallest absolute Gasteiger partial charge is 0.155 e. The van der Waals surface area contributed by atoms with Crippen molar-refractivity contribution in [3.8, 4) is 30.4 Å². The lowest BCUT2D eigenvalue weighted by atomic mass is 9.49. The first-order valence-electron chi connectivity index (χ1n) is 17.7. The normalized spacial score (nSPS) is 45.5. The SMILES string of the molecule is C#C[C@]1(O)C=C[C@H]2[C@@H]3CCC4=CC(=O)CC[C@@H]4[C@H]3CC[C@@]21CC.C#C[C@]1(O)CC[C@H]2[C@@H]3CCc4cc(O)ccc4[C@H]3CC[C@@]21C. The number of rotatable bonds is 1. The van der Waals surface area contributed by atoms with Crippen molar-refractivity contribution in [2.75, 3.05) is 0 Å². The molecule has 45 heavy (non-hydrogen) atoms. The fourth-order valence-electron chi connectivity index (χ4n) is 12.2. The average molecular weight is 607 g/mol. The largest absolute Gasteiger partial charge is 0.508 e. The zero-order valence-corrected chi connectivity index (χ0v) is 27.1. The van der Waals surface area contributed by atoms with Gasteiger partial charge in [-0.05, 0) is 154 Å². The van der Waals surface area contributed by atoms with Crippen LogP contribution in [0.2, 0.25) is 0 Å². The van der Waals surface area contributed by atoms with E-state index in [9.17, 15) is 20.1 Å². The molecule has 4 fully saturated rings. The molecule has 238 valence electrons. The van der Waals surface area contributed by atoms with E-state index in [1.807, 2.05) is 24.3 Å². The Morgan fingerprint density at radius 2 is 1.69 bits per heavy atom. The molecule has 1 aromatic carbocycles. The van der Waals surface area contributed by atoms with E-state index in [1.54, 1.807) is 0 Å². The van der Waals surface area contributed by atoms with E-state index in [-0.39, 0.29) is 10.8 Å². The van der Waals surface area contributed by atoms with E-state index < -0.39 is 11.2 Å². The summed E-state index contributed by atoms with van der Waals surface area (Å²) in [7, 11) is 0. The van der Waals surface area contributed by atoms with E-state index in [0.29, 0.717) is 59.4 Å². The number of allylic oxidation sites excluding steroid dienone is 3. The Morgan fingerprint density at radius 3 is 2.44 bits per heavy atom. The Kier molecular flexibility index (Phi) is 7.47. The second-order valence-corrected chi connectivity index (χ2v) is 15.8. The maximum atomic E-state index is 11.7. The Balaban J connectivity index is 0.000000145. The molecule has 0 bridgehead atoms. The molecule has 8 rings (SSSR count). The molecular formula is C41H50O4. The van der Waals surface area contributed by atoms with Crippen LogP contribution >= 0.6 is 0 Å². The predicted molar refractivity (Wildman–Crippen MR) is 177 cm³/mol. The van der Waals surface area contributed by atoms with Gasteiger partial charge in [0.15, 0.2) is 5.78 Å². The van der Waals surface area contributed by atoms with Crippen LogP contribution in [0.4, 0.5) is 0 Å². The van der Waals surface area contributed by atoms with Crippen molar-refractivity contribution in [3.63, 3.8) is 0 Å². The number of carbonyl (C=O) groups is 1. The molecule has 7 aliphatic rings. The number of phenols is 1. The molecule has 0 heterocycles. The summed E-state index contributed by atoms with van der Waals surface area (Å²) in [4.78, 5) is 11.7. The lowest BCUT2D eigenvalue weighted by molar-refractivity contribution is -0.116. The summed E-state index contributed by atoms with van der Waals surface area (Å²) in [5.41, 5.74) is 1.85. The van der Waals surface area contributed by atoms with Crippen LogP contribution in [0.3, 0.4) is 0 Å². The number of aryl methyl sites for hydroxylation is 1. The number of ketones is 1. The van der Waals surface area contributed by atoms with E-state index in [2.05, 4.69) is 37.8 Å². The first kappa shape index (κ1) is 30.8. The quantitative estimate of drug-likeness (QED) is 0.232. The summed E-state index contributed by atoms with van der Waals surface area (Å²) in [5, 5.41) is 31.7. The third-order valence-corrected chi connectivity index (χ3v) is 14.6. The van der Waals surface area contributed by atoms with Crippen molar-refractivity contribution >= 4 is 5.78 Å². The molecule has 0 aromatic heterocycles. The fraction of sp³-hybridized carbons (Fsp3) is 0.634. The van der Waals surface area contributed by atoms with Crippen LogP contribution in [0.1, 0.15) is 108 Å². The molecule has 0 aliphatic heterocycles. The number of hydrogen-bond donors (Lipinski definition) is 3. The van der Waals surface area contributed by atoms with Gasteiger partial charge in [-0.15, -0.1) is 12.8 Å². The molecule has 0 radical (unpaired) electrons. The highest BCUT2D eigenvalue weighted by Crippen LogP contribution is 2.65. The zero-order valence-electron chi connectivity index (χ0n) is 27.1. The van der Waals surface area contributed by atoms with Gasteiger partial charge >= 0.3 is 0 Å². The van der Waals surface area contributed by atoms with Gasteiger partial charge in [-0.1, -0.05) is 43.4 Å². The molecule has 0 unspecified atom stereocenters. The van der Waals surface area contributed by atoms with Gasteiger partial charge in [-0.25, -0.2) is 0 Å². The van der Waals surface area contributed by atoms with Gasteiger partial charge in [0, 0.05) is 17.3 Å². The molecular weight excluding hydrogens is 556 g/mol. The third kappa shape index (κ3) is 4.38. The van der Waals surface area contributed by atoms with E-state index in [4.69, 9.17) is 12.8 Å². The second-order valence-electron chi connectivity index (χ2n) is 15.8. The van der Waals surface area contributed by atoms with Gasteiger partial charge in [0.1, 0.15) is 17.0 Å². The minimum absolute atomic E-state index is 0.128. The van der Waals surface area contributed by atoms with Gasteiger partial charge in [0.2, 0.25) is 0 Å². The van der Waals surface area contributed by atoms with Crippen molar-refractivity contribution in [3.05, 3.63) is 53.1 Å². The fourth-order valence-corrected chi connectivity index (χ4v) is 12.2. The lowest BCUT2D eigenvalue weighted by Crippen LogP contribution is -2.54. The Hall–Kier alpha value is -2.79. The lowest BCUT2D eigenvalue weighted by Gasteiger charge is -2.55. The summed E-state index contributed by atoms with van der Waals surface area (Å²) >= 11 is 0. The average Bonchev–Trinajstić information content (AvgIpc) is 3.51. The maximum Gasteiger partial charge on any atom is 0.155 e. The first-order valence-corrected chi connectivity index (χ1v) is 17.7. The van der Waals surface area contributed by atoms with Crippen molar-refractivity contribution in [2.24, 2.45) is 46.3 Å². The minimum atomic E-state index is -1.07. The topological polar surface area (TPSA) is 77.8 Å². The molecule has 3 N–H and O–H groups in total. The summed E-state index contributed by atoms with van der Waals surface area (Å²) in [6.45, 7) is 4.39. The standard InChI is InChI=1S/C21H26O2.C20H24O2/c1-3-20-11-9-17-16-8-6-15(22)13-14(16)5-7-18(17)19(20)10-12-21(20,23)4-2;1-3-20(22)11-9-18-17-6-4-13-12-14(21)5-7-15(13)16(17)8-10-19(18,20)2/h2,10,12-13,16-19,23H,3,5-9,11H2,1H3;1,5,7,12,16-18,21-22H,4,6,8-11H2,2H3/t16-,17+,18+,19-,20-,21-;16-,17-,18+,19+,20+/m01/s1. The number of terminal acetylenes is 2. The van der Waals surface area contributed by atoms with Gasteiger partial charge < -0.3 is 15.3 Å². The van der Waals surface area contributed by atoms with Gasteiger partial charge in [-0.2, -0.15) is 0 Å². The van der Waals surface area contributed by atoms with Crippen molar-refractivity contribution in [1.82, 2.24) is 0 Å². The van der Waals surface area contributed by atoms with Crippen LogP contribution in [0.15, 0.2) is 42.0 Å². The molecule has 0 amide bonds. The van der Waals surface area contributed by atoms with Gasteiger partial charge in [0.25, 0.3) is 0 Å². The number of benzene rings is 1. The van der Waals surface area contributed by atoms with Crippen LogP contribution in [0.5, 0.6) is 5.75 Å². The molecule has 0 spiro atoms. The van der Waals surface area contributed by atoms with Crippen molar-refractivity contribution in [1.29, 1.82) is 0 Å². The van der Waals surface area contributed by atoms with Crippen molar-refractivity contribution in [2.45, 2.75) is 114 Å². The number of aliphatic hydroxyl groups is 2. The molecule has 11 atom stereocenters. The van der Waals surface area contributed by atoms with Crippen LogP contribution in [-0.4, -0.2) is 32.3 Å². The Labute approximate surface area is 269 Å². The molecule has 4 saturated carbocycles. The minimum Gasteiger partial charge on any atom is -0.508 e. The van der Waals surface area contributed by atoms with Gasteiger partial charge in [0.05, 0.1) is 0 Å². The number of fused-ring (bicyclic) bond motifs is 10. The summed E-state index contributed by atoms with van der Waals surface area (Å²) in [6.07, 6.45) is 30.6. The van der Waals surface area contributed by atoms with E-state index in [0.717, 1.165) is 77.0 Å². The monoisotopic (exact) mass is 606 g/mol. The van der Waals surface area contributed by atoms with Crippen molar-refractivity contribution < 1.29 is 20.1 Å². The summed E-state index contributed by atoms with van der Waals surface area (Å²) < 4.78 is 0. The Morgan fingerprint density at radius 1 is 0.889 bits per heavy atom. The molecule has 4 heteroatoms. The van der Waals surface area contributed by atoms with Crippen LogP contribution in [0, 0.1) is 71.0 Å². The Bertz CT molecular complexity index is 1520. The summed E-state index contributed by atoms with van der Waals surface area (Å²) in [6, 6.07) is 5.87. The summed E-state index contributed by atoms with van der Waals surface area (Å²) in [5.74, 6) is 10.1. The third-order valence-electron chi connectivity index (χ3n) is 14.6. The van der Waals surface area contributed by atoms with Gasteiger partial charge in [-0.3, -0.25) is 4.79 Å². The zero-order chi connectivity index (χ0) is 31.8. The number of hydrogen-bond acceptors (Lipinski definition) is 4. The number of carbonyl (C=O) groups excluding carboxylic acids is 1. The highest BCUT2D eigenvalue weighted by atomic mass is 16.3. The van der Waals surface area contributed by atoms with Crippen LogP contribution in [0.25, 0.3) is 0 Å². The molecule has 1 aromatic rings. The van der Waals surface area contributed by atoms with Crippen LogP contribution in [-0.2, 0) is 11.2 Å². The van der Waals surface area contributed by atoms with Crippen LogP contribution < -0.4 is 0 Å². The number of phenolic OH excluding ortho intramolecular Hbond substituents is 1. The first-order chi connectivity index (χ1) is 21.5. The highest BCUT2D eigenvalue weighted by molar-refractivity contribution is 5.91. The predicted octanol–water partition coefficient (Wildman–Crippen LogP) is 7.27. The van der Waals surface area contributed by atoms with E-state index in [1.165, 1.54) is 16.7 Å². The highest BCUT2D eigenvalue weighted by Gasteiger charge is 2.62. The molecule has 7 aliphatic carbocycles. The molecule has 0 saturated heterocycles. The maximum absolute atomic E-state index is 11.7.